The van der Waals surface area contributed by atoms with Crippen LogP contribution in [0.15, 0.2) is 54.6 Å². The predicted molar refractivity (Wildman–Crippen MR) is 105 cm³/mol. The predicted octanol–water partition coefficient (Wildman–Crippen LogP) is 4.90. The summed E-state index contributed by atoms with van der Waals surface area (Å²) in [5, 5.41) is 7.52. The molecule has 0 aliphatic carbocycles. The summed E-state index contributed by atoms with van der Waals surface area (Å²) >= 11 is 6.41. The first kappa shape index (κ1) is 19.1. The number of rotatable bonds is 6. The molecule has 2 aromatic carbocycles. The van der Waals surface area contributed by atoms with Crippen molar-refractivity contribution in [2.45, 2.75) is 26.2 Å². The second kappa shape index (κ2) is 8.35. The summed E-state index contributed by atoms with van der Waals surface area (Å²) in [5.41, 5.74) is 2.64. The van der Waals surface area contributed by atoms with Crippen molar-refractivity contribution in [2.75, 3.05) is 6.54 Å². The largest absolute Gasteiger partial charge is 0.351 e. The highest BCUT2D eigenvalue weighted by Crippen LogP contribution is 2.24. The molecule has 3 rings (SSSR count). The van der Waals surface area contributed by atoms with Crippen LogP contribution in [0.4, 0.5) is 4.39 Å². The zero-order valence-corrected chi connectivity index (χ0v) is 16.0. The van der Waals surface area contributed by atoms with Gasteiger partial charge in [0.05, 0.1) is 16.9 Å². The van der Waals surface area contributed by atoms with Crippen LogP contribution in [0.3, 0.4) is 0 Å². The van der Waals surface area contributed by atoms with Crippen LogP contribution >= 0.6 is 11.6 Å². The molecule has 1 atom stereocenters. The van der Waals surface area contributed by atoms with E-state index in [4.69, 9.17) is 11.6 Å². The Hall–Kier alpha value is -2.66. The van der Waals surface area contributed by atoms with Gasteiger partial charge in [0, 0.05) is 12.5 Å². The lowest BCUT2D eigenvalue weighted by Crippen LogP contribution is -2.28. The van der Waals surface area contributed by atoms with Crippen molar-refractivity contribution < 1.29 is 9.18 Å². The third-order valence-corrected chi connectivity index (χ3v) is 4.92. The van der Waals surface area contributed by atoms with Crippen LogP contribution in [0, 0.1) is 12.7 Å². The van der Waals surface area contributed by atoms with Crippen molar-refractivity contribution in [3.8, 4) is 5.69 Å². The summed E-state index contributed by atoms with van der Waals surface area (Å²) in [4.78, 5) is 12.7. The van der Waals surface area contributed by atoms with Gasteiger partial charge >= 0.3 is 0 Å². The fourth-order valence-electron chi connectivity index (χ4n) is 3.04. The quantitative estimate of drug-likeness (QED) is 0.656. The molecule has 0 unspecified atom stereocenters. The van der Waals surface area contributed by atoms with Gasteiger partial charge in [-0.25, -0.2) is 9.07 Å². The van der Waals surface area contributed by atoms with E-state index in [9.17, 15) is 9.18 Å². The Morgan fingerprint density at radius 3 is 2.48 bits per heavy atom. The standard InChI is InChI=1S/C21H21ClFN3O/c1-3-15(16-7-5-4-6-8-16)13-24-21(27)19-14(2)25-26(20(19)22)18-11-9-17(23)10-12-18/h4-12,15H,3,13H2,1-2H3,(H,24,27)/t15-/m0/s1. The molecule has 6 heteroatoms. The summed E-state index contributed by atoms with van der Waals surface area (Å²) < 4.78 is 14.6. The summed E-state index contributed by atoms with van der Waals surface area (Å²) in [5.74, 6) is -0.384. The Morgan fingerprint density at radius 1 is 1.19 bits per heavy atom. The number of carbonyl (C=O) groups is 1. The van der Waals surface area contributed by atoms with E-state index in [1.807, 2.05) is 18.2 Å². The third kappa shape index (κ3) is 4.19. The first-order valence-corrected chi connectivity index (χ1v) is 9.23. The molecule has 0 saturated heterocycles. The average Bonchev–Trinajstić information content (AvgIpc) is 2.98. The third-order valence-electron chi connectivity index (χ3n) is 4.58. The van der Waals surface area contributed by atoms with E-state index in [0.29, 0.717) is 23.5 Å². The fourth-order valence-corrected chi connectivity index (χ4v) is 3.40. The number of aryl methyl sites for hydroxylation is 1. The van der Waals surface area contributed by atoms with Crippen LogP contribution in [0.1, 0.15) is 40.9 Å². The van der Waals surface area contributed by atoms with Crippen molar-refractivity contribution in [1.29, 1.82) is 0 Å². The van der Waals surface area contributed by atoms with Gasteiger partial charge in [0.25, 0.3) is 5.91 Å². The smallest absolute Gasteiger partial charge is 0.256 e. The first-order chi connectivity index (χ1) is 13.0. The fraction of sp³-hybridized carbons (Fsp3) is 0.238. The Bertz CT molecular complexity index is 923. The number of nitrogens with zero attached hydrogens (tertiary/aromatic N) is 2. The molecular weight excluding hydrogens is 365 g/mol. The Balaban J connectivity index is 1.78. The van der Waals surface area contributed by atoms with Crippen molar-refractivity contribution in [3.63, 3.8) is 0 Å². The second-order valence-corrected chi connectivity index (χ2v) is 6.72. The maximum Gasteiger partial charge on any atom is 0.256 e. The lowest BCUT2D eigenvalue weighted by Gasteiger charge is -2.16. The van der Waals surface area contributed by atoms with Gasteiger partial charge in [-0.3, -0.25) is 4.79 Å². The molecule has 0 radical (unpaired) electrons. The Kier molecular flexibility index (Phi) is 5.91. The van der Waals surface area contributed by atoms with E-state index in [-0.39, 0.29) is 22.8 Å². The molecule has 0 saturated carbocycles. The molecule has 0 spiro atoms. The van der Waals surface area contributed by atoms with Gasteiger partial charge in [0.15, 0.2) is 0 Å². The van der Waals surface area contributed by atoms with E-state index in [1.165, 1.54) is 22.4 Å². The van der Waals surface area contributed by atoms with Gasteiger partial charge in [-0.2, -0.15) is 5.10 Å². The SMILES string of the molecule is CC[C@@H](CNC(=O)c1c(C)nn(-c2ccc(F)cc2)c1Cl)c1ccccc1. The molecular formula is C21H21ClFN3O. The number of nitrogens with one attached hydrogen (secondary N) is 1. The maximum atomic E-state index is 13.1. The van der Waals surface area contributed by atoms with Crippen LogP contribution in [0.2, 0.25) is 5.15 Å². The molecule has 1 aromatic heterocycles. The van der Waals surface area contributed by atoms with Crippen LogP contribution in [0.5, 0.6) is 0 Å². The van der Waals surface area contributed by atoms with Gasteiger partial charge in [-0.05, 0) is 43.2 Å². The summed E-state index contributed by atoms with van der Waals surface area (Å²) in [6.45, 7) is 4.33. The van der Waals surface area contributed by atoms with Crippen molar-refractivity contribution >= 4 is 17.5 Å². The molecule has 0 bridgehead atoms. The van der Waals surface area contributed by atoms with Gasteiger partial charge < -0.3 is 5.32 Å². The highest BCUT2D eigenvalue weighted by atomic mass is 35.5. The first-order valence-electron chi connectivity index (χ1n) is 8.85. The van der Waals surface area contributed by atoms with Gasteiger partial charge in [0.2, 0.25) is 0 Å². The van der Waals surface area contributed by atoms with Crippen molar-refractivity contribution in [2.24, 2.45) is 0 Å². The number of carbonyl (C=O) groups excluding carboxylic acids is 1. The number of amides is 1. The monoisotopic (exact) mass is 385 g/mol. The number of aromatic nitrogens is 2. The molecule has 0 fully saturated rings. The second-order valence-electron chi connectivity index (χ2n) is 6.37. The summed E-state index contributed by atoms with van der Waals surface area (Å²) in [6, 6.07) is 15.9. The molecule has 27 heavy (non-hydrogen) atoms. The highest BCUT2D eigenvalue weighted by molar-refractivity contribution is 6.33. The lowest BCUT2D eigenvalue weighted by atomic mass is 9.96. The minimum atomic E-state index is -0.344. The lowest BCUT2D eigenvalue weighted by molar-refractivity contribution is 0.0950. The van der Waals surface area contributed by atoms with E-state index in [2.05, 4.69) is 29.5 Å². The Morgan fingerprint density at radius 2 is 1.85 bits per heavy atom. The maximum absolute atomic E-state index is 13.1. The normalized spacial score (nSPS) is 12.0. The summed E-state index contributed by atoms with van der Waals surface area (Å²) in [6.07, 6.45) is 0.909. The van der Waals surface area contributed by atoms with Gasteiger partial charge in [-0.1, -0.05) is 48.9 Å². The van der Waals surface area contributed by atoms with Crippen molar-refractivity contribution in [1.82, 2.24) is 15.1 Å². The molecule has 0 aliphatic heterocycles. The van der Waals surface area contributed by atoms with E-state index >= 15 is 0 Å². The zero-order chi connectivity index (χ0) is 19.4. The van der Waals surface area contributed by atoms with E-state index in [0.717, 1.165) is 6.42 Å². The molecule has 0 aliphatic rings. The zero-order valence-electron chi connectivity index (χ0n) is 15.2. The van der Waals surface area contributed by atoms with Gasteiger partial charge in [0.1, 0.15) is 11.0 Å². The molecule has 1 heterocycles. The molecule has 1 amide bonds. The molecule has 140 valence electrons. The van der Waals surface area contributed by atoms with E-state index in [1.54, 1.807) is 19.1 Å². The topological polar surface area (TPSA) is 46.9 Å². The van der Waals surface area contributed by atoms with Crippen molar-refractivity contribution in [3.05, 3.63) is 82.4 Å². The average molecular weight is 386 g/mol. The number of benzene rings is 2. The minimum absolute atomic E-state index is 0.212. The van der Waals surface area contributed by atoms with E-state index < -0.39 is 0 Å². The number of halogens is 2. The summed E-state index contributed by atoms with van der Waals surface area (Å²) in [7, 11) is 0. The van der Waals surface area contributed by atoms with Crippen LogP contribution in [0.25, 0.3) is 5.69 Å². The molecule has 3 aromatic rings. The van der Waals surface area contributed by atoms with Crippen LogP contribution in [-0.2, 0) is 0 Å². The highest BCUT2D eigenvalue weighted by Gasteiger charge is 2.22. The van der Waals surface area contributed by atoms with Gasteiger partial charge in [-0.15, -0.1) is 0 Å². The number of hydrogen-bond acceptors (Lipinski definition) is 2. The minimum Gasteiger partial charge on any atom is -0.351 e. The van der Waals surface area contributed by atoms with Crippen LogP contribution in [-0.4, -0.2) is 22.2 Å². The van der Waals surface area contributed by atoms with Crippen LogP contribution < -0.4 is 5.32 Å². The number of hydrogen-bond donors (Lipinski definition) is 1. The molecule has 1 N–H and O–H groups in total. The Labute approximate surface area is 163 Å². The molecule has 4 nitrogen and oxygen atoms in total.